The van der Waals surface area contributed by atoms with E-state index in [0.717, 1.165) is 13.2 Å². The second-order valence-corrected chi connectivity index (χ2v) is 2.12. The van der Waals surface area contributed by atoms with Crippen LogP contribution in [0.2, 0.25) is 0 Å². The maximum atomic E-state index is 5.14. The molecule has 1 rings (SSSR count). The molecule has 0 saturated heterocycles. The molecule has 0 radical (unpaired) electrons. The van der Waals surface area contributed by atoms with E-state index < -0.39 is 0 Å². The Morgan fingerprint density at radius 1 is 1.89 bits per heavy atom. The highest BCUT2D eigenvalue weighted by Crippen LogP contribution is 1.99. The van der Waals surface area contributed by atoms with E-state index in [9.17, 15) is 0 Å². The summed E-state index contributed by atoms with van der Waals surface area (Å²) in [6.07, 6.45) is 0. The fraction of sp³-hybridized carbons (Fsp3) is 0.833. The summed E-state index contributed by atoms with van der Waals surface area (Å²) in [6, 6.07) is 1.03. The van der Waals surface area contributed by atoms with Crippen LogP contribution in [0.25, 0.3) is 0 Å². The zero-order valence-corrected chi connectivity index (χ0v) is 5.85. The van der Waals surface area contributed by atoms with Crippen molar-refractivity contribution in [1.29, 1.82) is 0 Å². The molecule has 3 nitrogen and oxygen atoms in total. The molecular weight excluding hydrogens is 116 g/mol. The van der Waals surface area contributed by atoms with Crippen LogP contribution in [0.1, 0.15) is 13.8 Å². The van der Waals surface area contributed by atoms with Gasteiger partial charge in [0, 0.05) is 6.54 Å². The molecule has 0 aliphatic carbocycles. The third-order valence-electron chi connectivity index (χ3n) is 1.13. The van der Waals surface area contributed by atoms with Crippen molar-refractivity contribution in [3.05, 3.63) is 0 Å². The van der Waals surface area contributed by atoms with Crippen LogP contribution in [0.3, 0.4) is 0 Å². The molecule has 0 amide bonds. The van der Waals surface area contributed by atoms with Crippen LogP contribution in [0.5, 0.6) is 0 Å². The van der Waals surface area contributed by atoms with Gasteiger partial charge in [-0.2, -0.15) is 0 Å². The first-order valence-corrected chi connectivity index (χ1v) is 3.27. The monoisotopic (exact) mass is 128 g/mol. The Bertz CT molecular complexity index is 122. The van der Waals surface area contributed by atoms with Gasteiger partial charge in [-0.3, -0.25) is 0 Å². The molecule has 0 spiro atoms. The average molecular weight is 128 g/mol. The van der Waals surface area contributed by atoms with E-state index in [2.05, 4.69) is 10.3 Å². The molecule has 1 atom stereocenters. The summed E-state index contributed by atoms with van der Waals surface area (Å²) in [5.41, 5.74) is 0. The standard InChI is InChI=1S/C6H12N2O/c1-3-7-6-8-5(2)4-9-6/h5H,3-4H2,1-2H3,(H,7,8)/t5-/m1/s1. The van der Waals surface area contributed by atoms with E-state index in [1.165, 1.54) is 0 Å². The normalized spacial score (nSPS) is 25.1. The van der Waals surface area contributed by atoms with E-state index in [1.807, 2.05) is 13.8 Å². The van der Waals surface area contributed by atoms with Crippen molar-refractivity contribution in [1.82, 2.24) is 5.32 Å². The lowest BCUT2D eigenvalue weighted by atomic mass is 10.4. The number of rotatable bonds is 1. The summed E-state index contributed by atoms with van der Waals surface area (Å²) in [5.74, 6) is 0. The van der Waals surface area contributed by atoms with Crippen LogP contribution in [0.15, 0.2) is 4.99 Å². The molecule has 1 aliphatic heterocycles. The quantitative estimate of drug-likeness (QED) is 0.553. The van der Waals surface area contributed by atoms with Crippen molar-refractivity contribution in [2.45, 2.75) is 19.9 Å². The highest BCUT2D eigenvalue weighted by atomic mass is 16.5. The van der Waals surface area contributed by atoms with Gasteiger partial charge in [0.2, 0.25) is 0 Å². The van der Waals surface area contributed by atoms with Crippen molar-refractivity contribution in [2.24, 2.45) is 4.99 Å². The average Bonchev–Trinajstić information content (AvgIpc) is 2.17. The molecule has 0 aromatic heterocycles. The van der Waals surface area contributed by atoms with Gasteiger partial charge >= 0.3 is 0 Å². The minimum Gasteiger partial charge on any atom is -0.463 e. The second kappa shape index (κ2) is 2.71. The highest BCUT2D eigenvalue weighted by Gasteiger charge is 2.11. The Kier molecular flexibility index (Phi) is 1.92. The fourth-order valence-electron chi connectivity index (χ4n) is 0.722. The molecule has 3 heteroatoms. The van der Waals surface area contributed by atoms with E-state index in [-0.39, 0.29) is 0 Å². The van der Waals surface area contributed by atoms with Crippen LogP contribution in [-0.2, 0) is 4.74 Å². The lowest BCUT2D eigenvalue weighted by Crippen LogP contribution is -2.22. The van der Waals surface area contributed by atoms with E-state index >= 15 is 0 Å². The molecule has 1 heterocycles. The molecule has 0 unspecified atom stereocenters. The van der Waals surface area contributed by atoms with Crippen LogP contribution >= 0.6 is 0 Å². The first kappa shape index (κ1) is 6.39. The Balaban J connectivity index is 2.33. The van der Waals surface area contributed by atoms with Gasteiger partial charge in [0.25, 0.3) is 6.02 Å². The number of aliphatic imine (C=N–C) groups is 1. The molecule has 9 heavy (non-hydrogen) atoms. The molecule has 0 saturated carbocycles. The van der Waals surface area contributed by atoms with Crippen molar-refractivity contribution in [2.75, 3.05) is 13.2 Å². The summed E-state index contributed by atoms with van der Waals surface area (Å²) >= 11 is 0. The fourth-order valence-corrected chi connectivity index (χ4v) is 0.722. The van der Waals surface area contributed by atoms with Crippen LogP contribution < -0.4 is 5.32 Å². The zero-order valence-electron chi connectivity index (χ0n) is 5.85. The molecule has 52 valence electrons. The SMILES string of the molecule is CCNC1=N[C@H](C)CO1. The maximum absolute atomic E-state index is 5.14. The van der Waals surface area contributed by atoms with Gasteiger partial charge in [0.1, 0.15) is 6.61 Å². The van der Waals surface area contributed by atoms with Gasteiger partial charge in [-0.05, 0) is 13.8 Å². The summed E-state index contributed by atoms with van der Waals surface area (Å²) in [6.45, 7) is 5.66. The van der Waals surface area contributed by atoms with Crippen LogP contribution in [-0.4, -0.2) is 25.2 Å². The van der Waals surface area contributed by atoms with E-state index in [0.29, 0.717) is 12.1 Å². The number of nitrogens with one attached hydrogen (secondary N) is 1. The van der Waals surface area contributed by atoms with Crippen molar-refractivity contribution < 1.29 is 4.74 Å². The minimum atomic E-state index is 0.332. The van der Waals surface area contributed by atoms with Gasteiger partial charge in [0.15, 0.2) is 0 Å². The second-order valence-electron chi connectivity index (χ2n) is 2.12. The first-order valence-electron chi connectivity index (χ1n) is 3.27. The smallest absolute Gasteiger partial charge is 0.285 e. The third kappa shape index (κ3) is 1.59. The number of hydrogen-bond acceptors (Lipinski definition) is 3. The third-order valence-corrected chi connectivity index (χ3v) is 1.13. The zero-order chi connectivity index (χ0) is 6.69. The first-order chi connectivity index (χ1) is 4.33. The molecule has 0 aromatic carbocycles. The summed E-state index contributed by atoms with van der Waals surface area (Å²) in [5, 5.41) is 3.00. The Hall–Kier alpha value is -0.730. The Morgan fingerprint density at radius 2 is 2.67 bits per heavy atom. The molecule has 0 bridgehead atoms. The lowest BCUT2D eigenvalue weighted by molar-refractivity contribution is 0.311. The van der Waals surface area contributed by atoms with Crippen molar-refractivity contribution >= 4 is 6.02 Å². The van der Waals surface area contributed by atoms with Crippen molar-refractivity contribution in [3.63, 3.8) is 0 Å². The maximum Gasteiger partial charge on any atom is 0.285 e. The molecule has 0 aromatic rings. The van der Waals surface area contributed by atoms with Gasteiger partial charge in [-0.15, -0.1) is 0 Å². The minimum absolute atomic E-state index is 0.332. The lowest BCUT2D eigenvalue weighted by Gasteiger charge is -1.99. The highest BCUT2D eigenvalue weighted by molar-refractivity contribution is 5.74. The predicted molar refractivity (Wildman–Crippen MR) is 36.5 cm³/mol. The van der Waals surface area contributed by atoms with Gasteiger partial charge in [0.05, 0.1) is 6.04 Å². The molecule has 1 N–H and O–H groups in total. The number of amidine groups is 1. The largest absolute Gasteiger partial charge is 0.463 e. The number of nitrogens with zero attached hydrogens (tertiary/aromatic N) is 1. The van der Waals surface area contributed by atoms with E-state index in [4.69, 9.17) is 4.74 Å². The van der Waals surface area contributed by atoms with Crippen LogP contribution in [0.4, 0.5) is 0 Å². The van der Waals surface area contributed by atoms with E-state index in [1.54, 1.807) is 0 Å². The summed E-state index contributed by atoms with van der Waals surface area (Å²) in [4.78, 5) is 4.16. The van der Waals surface area contributed by atoms with Crippen molar-refractivity contribution in [3.8, 4) is 0 Å². The summed E-state index contributed by atoms with van der Waals surface area (Å²) < 4.78 is 5.14. The molecule has 1 aliphatic rings. The summed E-state index contributed by atoms with van der Waals surface area (Å²) in [7, 11) is 0. The number of ether oxygens (including phenoxy) is 1. The van der Waals surface area contributed by atoms with Crippen LogP contribution in [0, 0.1) is 0 Å². The number of hydrogen-bond donors (Lipinski definition) is 1. The van der Waals surface area contributed by atoms with Gasteiger partial charge in [-0.25, -0.2) is 4.99 Å². The van der Waals surface area contributed by atoms with Gasteiger partial charge in [-0.1, -0.05) is 0 Å². The Labute approximate surface area is 55.1 Å². The Morgan fingerprint density at radius 3 is 3.11 bits per heavy atom. The topological polar surface area (TPSA) is 33.6 Å². The van der Waals surface area contributed by atoms with Gasteiger partial charge < -0.3 is 10.1 Å². The molecule has 0 fully saturated rings. The predicted octanol–water partition coefficient (Wildman–Crippen LogP) is 0.371. The molecular formula is C6H12N2O.